The number of phenolic OH excluding ortho intramolecular Hbond substituents is 1. The van der Waals surface area contributed by atoms with Gasteiger partial charge in [-0.2, -0.15) is 0 Å². The Labute approximate surface area is 108 Å². The predicted octanol–water partition coefficient (Wildman–Crippen LogP) is 1.12. The van der Waals surface area contributed by atoms with Crippen molar-refractivity contribution in [3.63, 3.8) is 0 Å². The molecule has 2 aliphatic heterocycles. The Hall–Kier alpha value is -1.40. The van der Waals surface area contributed by atoms with Crippen LogP contribution in [0.1, 0.15) is 12.0 Å². The number of thioether (sulfide) groups is 1. The third-order valence-corrected chi connectivity index (χ3v) is 4.68. The van der Waals surface area contributed by atoms with Crippen LogP contribution < -0.4 is 10.1 Å². The zero-order chi connectivity index (χ0) is 12.8. The van der Waals surface area contributed by atoms with Gasteiger partial charge in [-0.1, -0.05) is 0 Å². The monoisotopic (exact) mass is 267 g/mol. The van der Waals surface area contributed by atoms with Crippen LogP contribution in [0.25, 0.3) is 0 Å². The summed E-state index contributed by atoms with van der Waals surface area (Å²) in [6.45, 7) is 0.389. The molecule has 1 aromatic rings. The van der Waals surface area contributed by atoms with Gasteiger partial charge in [0.05, 0.1) is 0 Å². The number of hydrogen-bond donors (Lipinski definition) is 3. The minimum Gasteiger partial charge on any atom is -0.508 e. The summed E-state index contributed by atoms with van der Waals surface area (Å²) >= 11 is 1.66. The van der Waals surface area contributed by atoms with Gasteiger partial charge in [0.2, 0.25) is 0 Å². The Morgan fingerprint density at radius 1 is 1.56 bits per heavy atom. The fourth-order valence-corrected chi connectivity index (χ4v) is 3.79. The molecular formula is C12H13NO4S. The van der Waals surface area contributed by atoms with Gasteiger partial charge in [0.1, 0.15) is 29.0 Å². The third kappa shape index (κ3) is 1.72. The minimum absolute atomic E-state index is 0.154. The first-order chi connectivity index (χ1) is 8.61. The Bertz CT molecular complexity index is 507. The molecule has 6 heteroatoms. The fraction of sp³-hybridized carbons (Fsp3) is 0.417. The van der Waals surface area contributed by atoms with Gasteiger partial charge in [-0.05, 0) is 24.3 Å². The van der Waals surface area contributed by atoms with Gasteiger partial charge in [0, 0.05) is 11.6 Å². The Morgan fingerprint density at radius 3 is 3.17 bits per heavy atom. The highest BCUT2D eigenvalue weighted by Crippen LogP contribution is 2.47. The number of nitrogens with one attached hydrogen (secondary N) is 1. The summed E-state index contributed by atoms with van der Waals surface area (Å²) in [5.41, 5.74) is 0.913. The summed E-state index contributed by atoms with van der Waals surface area (Å²) in [5.74, 6) is 0.720. The summed E-state index contributed by atoms with van der Waals surface area (Å²) < 4.78 is 5.56. The predicted molar refractivity (Wildman–Crippen MR) is 66.9 cm³/mol. The molecule has 96 valence electrons. The normalized spacial score (nSPS) is 29.9. The highest BCUT2D eigenvalue weighted by atomic mass is 32.2. The molecular weight excluding hydrogens is 254 g/mol. The molecule has 1 aromatic carbocycles. The molecule has 1 fully saturated rings. The number of carbonyl (C=O) groups is 1. The van der Waals surface area contributed by atoms with E-state index in [-0.39, 0.29) is 5.75 Å². The molecule has 1 spiro atoms. The van der Waals surface area contributed by atoms with Crippen LogP contribution in [0.4, 0.5) is 0 Å². The van der Waals surface area contributed by atoms with Gasteiger partial charge in [0.25, 0.3) is 0 Å². The van der Waals surface area contributed by atoms with Gasteiger partial charge in [0.15, 0.2) is 0 Å². The molecule has 2 heterocycles. The van der Waals surface area contributed by atoms with E-state index in [1.807, 2.05) is 0 Å². The SMILES string of the molecule is O=C(O)C1CCSC2(COc3cc(O)ccc32)N1. The number of rotatable bonds is 1. The van der Waals surface area contributed by atoms with Crippen molar-refractivity contribution in [1.29, 1.82) is 0 Å². The maximum absolute atomic E-state index is 11.1. The molecule has 0 saturated carbocycles. The van der Waals surface area contributed by atoms with Crippen molar-refractivity contribution in [1.82, 2.24) is 5.32 Å². The molecule has 1 saturated heterocycles. The first-order valence-corrected chi connectivity index (χ1v) is 6.70. The van der Waals surface area contributed by atoms with Crippen LogP contribution in [0.15, 0.2) is 18.2 Å². The van der Waals surface area contributed by atoms with Crippen molar-refractivity contribution < 1.29 is 19.7 Å². The Kier molecular flexibility index (Phi) is 2.64. The summed E-state index contributed by atoms with van der Waals surface area (Å²) in [6, 6.07) is 4.41. The van der Waals surface area contributed by atoms with Crippen LogP contribution in [0, 0.1) is 0 Å². The van der Waals surface area contributed by atoms with E-state index in [1.165, 1.54) is 0 Å². The first kappa shape index (κ1) is 11.7. The van der Waals surface area contributed by atoms with Crippen LogP contribution >= 0.6 is 11.8 Å². The lowest BCUT2D eigenvalue weighted by molar-refractivity contribution is -0.140. The molecule has 3 rings (SSSR count). The van der Waals surface area contributed by atoms with Gasteiger partial charge in [-0.15, -0.1) is 11.8 Å². The maximum atomic E-state index is 11.1. The van der Waals surface area contributed by atoms with Crippen molar-refractivity contribution in [3.05, 3.63) is 23.8 Å². The summed E-state index contributed by atoms with van der Waals surface area (Å²) in [4.78, 5) is 10.6. The fourth-order valence-electron chi connectivity index (χ4n) is 2.39. The van der Waals surface area contributed by atoms with Crippen molar-refractivity contribution >= 4 is 17.7 Å². The second-order valence-electron chi connectivity index (χ2n) is 4.47. The molecule has 2 aliphatic rings. The highest BCUT2D eigenvalue weighted by Gasteiger charge is 2.46. The lowest BCUT2D eigenvalue weighted by Crippen LogP contribution is -2.53. The molecule has 0 bridgehead atoms. The molecule has 0 aromatic heterocycles. The summed E-state index contributed by atoms with van der Waals surface area (Å²) in [7, 11) is 0. The molecule has 0 amide bonds. The van der Waals surface area contributed by atoms with E-state index in [0.29, 0.717) is 18.8 Å². The number of ether oxygens (including phenoxy) is 1. The van der Waals surface area contributed by atoms with Gasteiger partial charge in [-0.3, -0.25) is 10.1 Å². The maximum Gasteiger partial charge on any atom is 0.320 e. The van der Waals surface area contributed by atoms with E-state index in [9.17, 15) is 9.90 Å². The first-order valence-electron chi connectivity index (χ1n) is 5.71. The average Bonchev–Trinajstić information content (AvgIpc) is 2.68. The number of hydrogen-bond acceptors (Lipinski definition) is 5. The average molecular weight is 267 g/mol. The highest BCUT2D eigenvalue weighted by molar-refractivity contribution is 8.00. The van der Waals surface area contributed by atoms with E-state index in [1.54, 1.807) is 30.0 Å². The zero-order valence-corrected chi connectivity index (χ0v) is 10.4. The summed E-state index contributed by atoms with van der Waals surface area (Å²) in [5, 5.41) is 21.7. The standard InChI is InChI=1S/C12H13NO4S/c14-7-1-2-8-10(5-7)17-6-12(8)13-9(11(15)16)3-4-18-12/h1-2,5,9,13-14H,3-4,6H2,(H,15,16). The van der Waals surface area contributed by atoms with Crippen molar-refractivity contribution in [3.8, 4) is 11.5 Å². The zero-order valence-electron chi connectivity index (χ0n) is 9.55. The molecule has 2 atom stereocenters. The smallest absolute Gasteiger partial charge is 0.320 e. The van der Waals surface area contributed by atoms with E-state index in [0.717, 1.165) is 11.3 Å². The lowest BCUT2D eigenvalue weighted by Gasteiger charge is -2.36. The quantitative estimate of drug-likeness (QED) is 0.707. The topological polar surface area (TPSA) is 78.8 Å². The largest absolute Gasteiger partial charge is 0.508 e. The lowest BCUT2D eigenvalue weighted by atomic mass is 10.1. The number of benzene rings is 1. The van der Waals surface area contributed by atoms with E-state index in [4.69, 9.17) is 9.84 Å². The second-order valence-corrected chi connectivity index (χ2v) is 5.86. The van der Waals surface area contributed by atoms with Crippen LogP contribution in [-0.4, -0.2) is 34.6 Å². The number of phenols is 1. The Morgan fingerprint density at radius 2 is 2.39 bits per heavy atom. The molecule has 3 N–H and O–H groups in total. The van der Waals surface area contributed by atoms with E-state index < -0.39 is 16.9 Å². The summed E-state index contributed by atoms with van der Waals surface area (Å²) in [6.07, 6.45) is 0.606. The third-order valence-electron chi connectivity index (χ3n) is 3.29. The second kappa shape index (κ2) is 4.07. The van der Waals surface area contributed by atoms with Crippen LogP contribution in [-0.2, 0) is 9.67 Å². The van der Waals surface area contributed by atoms with Crippen LogP contribution in [0.2, 0.25) is 0 Å². The van der Waals surface area contributed by atoms with Crippen LogP contribution in [0.3, 0.4) is 0 Å². The van der Waals surface area contributed by atoms with Crippen molar-refractivity contribution in [2.45, 2.75) is 17.3 Å². The molecule has 5 nitrogen and oxygen atoms in total. The van der Waals surface area contributed by atoms with Gasteiger partial charge < -0.3 is 14.9 Å². The molecule has 18 heavy (non-hydrogen) atoms. The van der Waals surface area contributed by atoms with Crippen molar-refractivity contribution in [2.24, 2.45) is 0 Å². The van der Waals surface area contributed by atoms with E-state index in [2.05, 4.69) is 5.32 Å². The number of aromatic hydroxyl groups is 1. The number of aliphatic carboxylic acids is 1. The number of carboxylic acid groups (broad SMARTS) is 1. The van der Waals surface area contributed by atoms with E-state index >= 15 is 0 Å². The number of fused-ring (bicyclic) bond motifs is 2. The molecule has 0 aliphatic carbocycles. The number of carboxylic acids is 1. The minimum atomic E-state index is -0.832. The van der Waals surface area contributed by atoms with Gasteiger partial charge in [-0.25, -0.2) is 0 Å². The van der Waals surface area contributed by atoms with Crippen LogP contribution in [0.5, 0.6) is 11.5 Å². The Balaban J connectivity index is 1.96. The molecule has 2 unspecified atom stereocenters. The van der Waals surface area contributed by atoms with Gasteiger partial charge >= 0.3 is 5.97 Å². The van der Waals surface area contributed by atoms with Crippen molar-refractivity contribution in [2.75, 3.05) is 12.4 Å². The molecule has 0 radical (unpaired) electrons.